The Morgan fingerprint density at radius 2 is 1.94 bits per heavy atom. The van der Waals surface area contributed by atoms with Gasteiger partial charge in [-0.3, -0.25) is 14.5 Å². The van der Waals surface area contributed by atoms with Crippen molar-refractivity contribution in [3.8, 4) is 0 Å². The molecule has 168 valence electrons. The lowest BCUT2D eigenvalue weighted by molar-refractivity contribution is -0.148. The van der Waals surface area contributed by atoms with Gasteiger partial charge in [-0.2, -0.15) is 0 Å². The third-order valence-corrected chi connectivity index (χ3v) is 7.42. The second-order valence-electron chi connectivity index (χ2n) is 8.40. The van der Waals surface area contributed by atoms with E-state index in [0.29, 0.717) is 13.0 Å². The van der Waals surface area contributed by atoms with Crippen molar-refractivity contribution < 1.29 is 19.1 Å². The summed E-state index contributed by atoms with van der Waals surface area (Å²) in [5, 5.41) is 3.94. The van der Waals surface area contributed by atoms with Crippen LogP contribution in [0, 0.1) is 0 Å². The highest BCUT2D eigenvalue weighted by molar-refractivity contribution is 7.18. The Morgan fingerprint density at radius 3 is 2.71 bits per heavy atom. The number of carbonyl (C=O) groups is 2. The third kappa shape index (κ3) is 5.81. The van der Waals surface area contributed by atoms with E-state index in [1.165, 1.54) is 19.3 Å². The van der Waals surface area contributed by atoms with Crippen LogP contribution in [0.1, 0.15) is 43.5 Å². The van der Waals surface area contributed by atoms with Gasteiger partial charge in [0.2, 0.25) is 0 Å². The first-order valence-corrected chi connectivity index (χ1v) is 12.1. The Balaban J connectivity index is 1.21. The number of hydrogen-bond acceptors (Lipinski definition) is 7. The van der Waals surface area contributed by atoms with Crippen LogP contribution in [0.15, 0.2) is 24.3 Å². The molecule has 1 saturated heterocycles. The summed E-state index contributed by atoms with van der Waals surface area (Å²) in [7, 11) is 0. The molecule has 1 aliphatic heterocycles. The van der Waals surface area contributed by atoms with Crippen molar-refractivity contribution in [1.29, 1.82) is 0 Å². The van der Waals surface area contributed by atoms with Gasteiger partial charge in [-0.05, 0) is 25.0 Å². The van der Waals surface area contributed by atoms with E-state index in [1.54, 1.807) is 11.3 Å². The number of nitrogens with zero attached hydrogens (tertiary/aromatic N) is 2. The highest BCUT2D eigenvalue weighted by Gasteiger charge is 2.38. The molecule has 0 radical (unpaired) electrons. The van der Waals surface area contributed by atoms with Crippen LogP contribution >= 0.6 is 11.3 Å². The van der Waals surface area contributed by atoms with E-state index in [0.717, 1.165) is 54.4 Å². The molecule has 1 N–H and O–H groups in total. The number of amides is 1. The normalized spacial score (nSPS) is 19.2. The molecule has 4 rings (SSSR count). The zero-order chi connectivity index (χ0) is 21.5. The molecule has 31 heavy (non-hydrogen) atoms. The molecule has 2 aliphatic rings. The maximum Gasteiger partial charge on any atom is 0.306 e. The van der Waals surface area contributed by atoms with Crippen molar-refractivity contribution in [1.82, 2.24) is 15.2 Å². The number of morpholine rings is 1. The Labute approximate surface area is 187 Å². The number of rotatable bonds is 8. The Hall–Kier alpha value is -2.03. The van der Waals surface area contributed by atoms with Crippen molar-refractivity contribution in [3.05, 3.63) is 29.3 Å². The Bertz CT molecular complexity index is 855. The first-order valence-electron chi connectivity index (χ1n) is 11.2. The highest BCUT2D eigenvalue weighted by Crippen LogP contribution is 2.33. The standard InChI is InChI=1S/C23H31N3O4S/c27-20(24-17-23(10-4-1-5-11-23)26-12-14-29-15-13-26)16-30-22(28)9-8-21-25-18-6-2-3-7-19(18)31-21/h2-3,6-7H,1,4-5,8-17H2,(H,24,27). The van der Waals surface area contributed by atoms with Crippen LogP contribution in [0.2, 0.25) is 0 Å². The number of aryl methyl sites for hydroxylation is 1. The van der Waals surface area contributed by atoms with Gasteiger partial charge in [0.05, 0.1) is 34.9 Å². The minimum atomic E-state index is -0.366. The molecule has 1 aliphatic carbocycles. The molecule has 8 heteroatoms. The zero-order valence-corrected chi connectivity index (χ0v) is 18.8. The molecule has 1 aromatic carbocycles. The predicted molar refractivity (Wildman–Crippen MR) is 120 cm³/mol. The third-order valence-electron chi connectivity index (χ3n) is 6.33. The van der Waals surface area contributed by atoms with E-state index >= 15 is 0 Å². The van der Waals surface area contributed by atoms with Gasteiger partial charge >= 0.3 is 5.97 Å². The van der Waals surface area contributed by atoms with Crippen molar-refractivity contribution in [2.45, 2.75) is 50.5 Å². The summed E-state index contributed by atoms with van der Waals surface area (Å²) in [4.78, 5) is 31.5. The van der Waals surface area contributed by atoms with E-state index in [4.69, 9.17) is 9.47 Å². The number of benzene rings is 1. The van der Waals surface area contributed by atoms with Crippen LogP contribution in [0.5, 0.6) is 0 Å². The van der Waals surface area contributed by atoms with Crippen LogP contribution in [-0.4, -0.2) is 66.8 Å². The summed E-state index contributed by atoms with van der Waals surface area (Å²) in [6.07, 6.45) is 6.57. The number of esters is 1. The number of aromatic nitrogens is 1. The number of ether oxygens (including phenoxy) is 2. The van der Waals surface area contributed by atoms with E-state index in [-0.39, 0.29) is 30.4 Å². The van der Waals surface area contributed by atoms with Crippen molar-refractivity contribution in [3.63, 3.8) is 0 Å². The Morgan fingerprint density at radius 1 is 1.16 bits per heavy atom. The van der Waals surface area contributed by atoms with Gasteiger partial charge in [-0.25, -0.2) is 4.98 Å². The summed E-state index contributed by atoms with van der Waals surface area (Å²) in [5.41, 5.74) is 0.960. The first-order chi connectivity index (χ1) is 15.1. The number of fused-ring (bicyclic) bond motifs is 1. The minimum Gasteiger partial charge on any atom is -0.456 e. The van der Waals surface area contributed by atoms with Crippen molar-refractivity contribution in [2.24, 2.45) is 0 Å². The topological polar surface area (TPSA) is 80.8 Å². The van der Waals surface area contributed by atoms with E-state index in [1.807, 2.05) is 24.3 Å². The summed E-state index contributed by atoms with van der Waals surface area (Å²) in [6.45, 7) is 3.71. The second kappa shape index (κ2) is 10.5. The molecule has 0 spiro atoms. The molecule has 2 aromatic rings. The van der Waals surface area contributed by atoms with E-state index < -0.39 is 0 Å². The molecule has 0 unspecified atom stereocenters. The zero-order valence-electron chi connectivity index (χ0n) is 17.9. The maximum absolute atomic E-state index is 12.4. The average molecular weight is 446 g/mol. The number of carbonyl (C=O) groups excluding carboxylic acids is 2. The molecule has 0 atom stereocenters. The monoisotopic (exact) mass is 445 g/mol. The predicted octanol–water partition coefficient (Wildman–Crippen LogP) is 2.92. The largest absolute Gasteiger partial charge is 0.456 e. The van der Waals surface area contributed by atoms with Crippen LogP contribution in [0.4, 0.5) is 0 Å². The quantitative estimate of drug-likeness (QED) is 0.630. The van der Waals surface area contributed by atoms with Crippen LogP contribution < -0.4 is 5.32 Å². The SMILES string of the molecule is O=C(COC(=O)CCc1nc2ccccc2s1)NCC1(N2CCOCC2)CCCCC1. The molecule has 2 heterocycles. The molecular weight excluding hydrogens is 414 g/mol. The lowest BCUT2D eigenvalue weighted by Crippen LogP contribution is -2.59. The molecule has 1 aromatic heterocycles. The van der Waals surface area contributed by atoms with E-state index in [2.05, 4.69) is 15.2 Å². The van der Waals surface area contributed by atoms with Crippen LogP contribution in [0.25, 0.3) is 10.2 Å². The smallest absolute Gasteiger partial charge is 0.306 e. The molecule has 0 bridgehead atoms. The lowest BCUT2D eigenvalue weighted by Gasteiger charge is -2.48. The molecule has 2 fully saturated rings. The lowest BCUT2D eigenvalue weighted by atomic mass is 9.79. The second-order valence-corrected chi connectivity index (χ2v) is 9.51. The fourth-order valence-corrected chi connectivity index (χ4v) is 5.59. The van der Waals surface area contributed by atoms with Gasteiger partial charge in [0, 0.05) is 31.6 Å². The summed E-state index contributed by atoms with van der Waals surface area (Å²) in [5.74, 6) is -0.596. The number of thiazole rings is 1. The summed E-state index contributed by atoms with van der Waals surface area (Å²) < 4.78 is 11.8. The maximum atomic E-state index is 12.4. The van der Waals surface area contributed by atoms with Crippen molar-refractivity contribution in [2.75, 3.05) is 39.5 Å². The fourth-order valence-electron chi connectivity index (χ4n) is 4.62. The number of nitrogens with one attached hydrogen (secondary N) is 1. The first kappa shape index (κ1) is 22.2. The van der Waals surface area contributed by atoms with E-state index in [9.17, 15) is 9.59 Å². The minimum absolute atomic E-state index is 0.00848. The highest BCUT2D eigenvalue weighted by atomic mass is 32.1. The summed E-state index contributed by atoms with van der Waals surface area (Å²) >= 11 is 1.59. The molecular formula is C23H31N3O4S. The van der Waals surface area contributed by atoms with Crippen LogP contribution in [0.3, 0.4) is 0 Å². The van der Waals surface area contributed by atoms with Gasteiger partial charge in [0.15, 0.2) is 6.61 Å². The molecule has 1 amide bonds. The van der Waals surface area contributed by atoms with Gasteiger partial charge in [0.25, 0.3) is 5.91 Å². The Kier molecular flexibility index (Phi) is 7.53. The van der Waals surface area contributed by atoms with Gasteiger partial charge in [-0.1, -0.05) is 31.4 Å². The van der Waals surface area contributed by atoms with Crippen molar-refractivity contribution >= 4 is 33.4 Å². The van der Waals surface area contributed by atoms with Gasteiger partial charge in [0.1, 0.15) is 0 Å². The fraction of sp³-hybridized carbons (Fsp3) is 0.609. The average Bonchev–Trinajstić information content (AvgIpc) is 3.24. The van der Waals surface area contributed by atoms with Gasteiger partial charge in [-0.15, -0.1) is 11.3 Å². The molecule has 1 saturated carbocycles. The summed E-state index contributed by atoms with van der Waals surface area (Å²) in [6, 6.07) is 7.92. The number of para-hydroxylation sites is 1. The van der Waals surface area contributed by atoms with Gasteiger partial charge < -0.3 is 14.8 Å². The molecule has 7 nitrogen and oxygen atoms in total. The van der Waals surface area contributed by atoms with Crippen LogP contribution in [-0.2, 0) is 25.5 Å². The number of hydrogen-bond donors (Lipinski definition) is 1.